The van der Waals surface area contributed by atoms with E-state index in [4.69, 9.17) is 0 Å². The molecule has 6 heteroatoms. The van der Waals surface area contributed by atoms with E-state index in [1.165, 1.54) is 0 Å². The van der Waals surface area contributed by atoms with Crippen molar-refractivity contribution >= 4 is 15.7 Å². The predicted octanol–water partition coefficient (Wildman–Crippen LogP) is 0.269. The van der Waals surface area contributed by atoms with Crippen molar-refractivity contribution in [2.24, 2.45) is 5.92 Å². The monoisotopic (exact) mass is 276 g/mol. The summed E-state index contributed by atoms with van der Waals surface area (Å²) in [6.07, 6.45) is 2.80. The van der Waals surface area contributed by atoms with Crippen LogP contribution in [0.2, 0.25) is 0 Å². The van der Waals surface area contributed by atoms with E-state index in [0.717, 1.165) is 19.4 Å². The van der Waals surface area contributed by atoms with Gasteiger partial charge in [0.1, 0.15) is 0 Å². The molecule has 1 atom stereocenters. The quantitative estimate of drug-likeness (QED) is 0.678. The Labute approximate surface area is 110 Å². The van der Waals surface area contributed by atoms with E-state index in [2.05, 4.69) is 10.2 Å². The van der Waals surface area contributed by atoms with Crippen LogP contribution < -0.4 is 5.32 Å². The molecule has 106 valence electrons. The molecule has 1 aliphatic rings. The van der Waals surface area contributed by atoms with Gasteiger partial charge < -0.3 is 10.2 Å². The summed E-state index contributed by atoms with van der Waals surface area (Å²) in [6, 6.07) is 0. The van der Waals surface area contributed by atoms with E-state index in [9.17, 15) is 13.2 Å². The Kier molecular flexibility index (Phi) is 6.08. The van der Waals surface area contributed by atoms with Gasteiger partial charge in [-0.3, -0.25) is 4.79 Å². The smallest absolute Gasteiger partial charge is 0.220 e. The molecule has 1 rings (SSSR count). The summed E-state index contributed by atoms with van der Waals surface area (Å²) in [5.74, 6) is 0.781. The maximum Gasteiger partial charge on any atom is 0.220 e. The molecule has 1 aliphatic heterocycles. The van der Waals surface area contributed by atoms with Gasteiger partial charge in [0, 0.05) is 13.0 Å². The van der Waals surface area contributed by atoms with Gasteiger partial charge in [0.2, 0.25) is 5.91 Å². The van der Waals surface area contributed by atoms with Crippen molar-refractivity contribution in [2.75, 3.05) is 38.7 Å². The van der Waals surface area contributed by atoms with Crippen LogP contribution >= 0.6 is 0 Å². The zero-order valence-electron chi connectivity index (χ0n) is 11.3. The highest BCUT2D eigenvalue weighted by molar-refractivity contribution is 7.91. The molecule has 1 saturated heterocycles. The van der Waals surface area contributed by atoms with Crippen LogP contribution in [0.4, 0.5) is 0 Å². The Bertz CT molecular complexity index is 366. The number of hydrogen-bond donors (Lipinski definition) is 1. The van der Waals surface area contributed by atoms with Crippen LogP contribution in [0.3, 0.4) is 0 Å². The van der Waals surface area contributed by atoms with Crippen molar-refractivity contribution in [1.29, 1.82) is 0 Å². The van der Waals surface area contributed by atoms with Crippen LogP contribution in [0.25, 0.3) is 0 Å². The first-order valence-electron chi connectivity index (χ1n) is 6.51. The van der Waals surface area contributed by atoms with Crippen LogP contribution in [-0.2, 0) is 14.6 Å². The van der Waals surface area contributed by atoms with E-state index in [0.29, 0.717) is 25.1 Å². The van der Waals surface area contributed by atoms with Gasteiger partial charge in [-0.15, -0.1) is 0 Å². The number of amides is 1. The highest BCUT2D eigenvalue weighted by atomic mass is 32.2. The molecule has 0 spiro atoms. The molecule has 18 heavy (non-hydrogen) atoms. The number of hydrogen-bond acceptors (Lipinski definition) is 4. The van der Waals surface area contributed by atoms with E-state index in [1.807, 2.05) is 14.1 Å². The highest BCUT2D eigenvalue weighted by Crippen LogP contribution is 2.22. The Morgan fingerprint density at radius 3 is 2.67 bits per heavy atom. The fraction of sp³-hybridized carbons (Fsp3) is 0.917. The third-order valence-electron chi connectivity index (χ3n) is 3.21. The lowest BCUT2D eigenvalue weighted by atomic mass is 10.0. The lowest BCUT2D eigenvalue weighted by molar-refractivity contribution is -0.121. The highest BCUT2D eigenvalue weighted by Gasteiger charge is 2.27. The normalized spacial score (nSPS) is 22.3. The van der Waals surface area contributed by atoms with Crippen LogP contribution in [0.1, 0.15) is 25.7 Å². The van der Waals surface area contributed by atoms with Crippen molar-refractivity contribution in [3.63, 3.8) is 0 Å². The minimum atomic E-state index is -2.81. The Balaban J connectivity index is 2.07. The molecule has 1 amide bonds. The molecule has 1 fully saturated rings. The Morgan fingerprint density at radius 1 is 1.39 bits per heavy atom. The van der Waals surface area contributed by atoms with Gasteiger partial charge in [-0.25, -0.2) is 8.42 Å². The van der Waals surface area contributed by atoms with Crippen LogP contribution in [-0.4, -0.2) is 57.9 Å². The third-order valence-corrected chi connectivity index (χ3v) is 5.05. The van der Waals surface area contributed by atoms with Crippen molar-refractivity contribution in [3.8, 4) is 0 Å². The second-order valence-corrected chi connectivity index (χ2v) is 7.54. The first-order chi connectivity index (χ1) is 8.39. The van der Waals surface area contributed by atoms with E-state index >= 15 is 0 Å². The summed E-state index contributed by atoms with van der Waals surface area (Å²) < 4.78 is 22.5. The van der Waals surface area contributed by atoms with Gasteiger partial charge in [0.05, 0.1) is 11.5 Å². The lowest BCUT2D eigenvalue weighted by Gasteiger charge is -2.10. The summed E-state index contributed by atoms with van der Waals surface area (Å²) in [7, 11) is 1.19. The molecule has 0 aromatic heterocycles. The molecule has 0 radical (unpaired) electrons. The summed E-state index contributed by atoms with van der Waals surface area (Å²) in [5, 5.41) is 2.87. The molecule has 0 saturated carbocycles. The third kappa shape index (κ3) is 6.35. The van der Waals surface area contributed by atoms with Crippen molar-refractivity contribution in [2.45, 2.75) is 25.7 Å². The maximum atomic E-state index is 11.5. The second-order valence-electron chi connectivity index (χ2n) is 5.31. The van der Waals surface area contributed by atoms with Crippen LogP contribution in [0.5, 0.6) is 0 Å². The molecule has 1 N–H and O–H groups in total. The number of rotatable bonds is 7. The van der Waals surface area contributed by atoms with Gasteiger partial charge in [-0.1, -0.05) is 0 Å². The molecule has 0 aliphatic carbocycles. The largest absolute Gasteiger partial charge is 0.356 e. The first kappa shape index (κ1) is 15.4. The van der Waals surface area contributed by atoms with Crippen molar-refractivity contribution < 1.29 is 13.2 Å². The first-order valence-corrected chi connectivity index (χ1v) is 8.33. The second kappa shape index (κ2) is 7.09. The minimum absolute atomic E-state index is 0.0399. The average molecular weight is 276 g/mol. The number of nitrogens with one attached hydrogen (secondary N) is 1. The molecule has 5 nitrogen and oxygen atoms in total. The van der Waals surface area contributed by atoms with Gasteiger partial charge in [0.25, 0.3) is 0 Å². The molecular formula is C12H24N2O3S. The number of carbonyl (C=O) groups is 1. The fourth-order valence-corrected chi connectivity index (χ4v) is 4.06. The predicted molar refractivity (Wildman–Crippen MR) is 72.2 cm³/mol. The summed E-state index contributed by atoms with van der Waals surface area (Å²) >= 11 is 0. The maximum absolute atomic E-state index is 11.5. The van der Waals surface area contributed by atoms with E-state index in [-0.39, 0.29) is 17.6 Å². The standard InChI is InChI=1S/C12H24N2O3S/c1-14(2)8-3-7-13-12(15)5-4-11-6-9-18(16,17)10-11/h11H,3-10H2,1-2H3,(H,13,15). The topological polar surface area (TPSA) is 66.5 Å². The number of sulfone groups is 1. The summed E-state index contributed by atoms with van der Waals surface area (Å²) in [4.78, 5) is 13.6. The van der Waals surface area contributed by atoms with Gasteiger partial charge in [-0.2, -0.15) is 0 Å². The van der Waals surface area contributed by atoms with Gasteiger partial charge in [-0.05, 0) is 45.8 Å². The van der Waals surface area contributed by atoms with Crippen molar-refractivity contribution in [3.05, 3.63) is 0 Å². The Hall–Kier alpha value is -0.620. The summed E-state index contributed by atoms with van der Waals surface area (Å²) in [5.41, 5.74) is 0. The van der Waals surface area contributed by atoms with Gasteiger partial charge in [0.15, 0.2) is 9.84 Å². The van der Waals surface area contributed by atoms with Crippen molar-refractivity contribution in [1.82, 2.24) is 10.2 Å². The molecule has 0 aromatic rings. The zero-order valence-corrected chi connectivity index (χ0v) is 12.1. The Morgan fingerprint density at radius 2 is 2.11 bits per heavy atom. The number of carbonyl (C=O) groups excluding carboxylic acids is 1. The van der Waals surface area contributed by atoms with Crippen LogP contribution in [0.15, 0.2) is 0 Å². The molecule has 0 bridgehead atoms. The summed E-state index contributed by atoms with van der Waals surface area (Å²) in [6.45, 7) is 1.65. The molecular weight excluding hydrogens is 252 g/mol. The van der Waals surface area contributed by atoms with Crippen LogP contribution in [0, 0.1) is 5.92 Å². The van der Waals surface area contributed by atoms with E-state index < -0.39 is 9.84 Å². The van der Waals surface area contributed by atoms with E-state index in [1.54, 1.807) is 0 Å². The lowest BCUT2D eigenvalue weighted by Crippen LogP contribution is -2.27. The average Bonchev–Trinajstić information content (AvgIpc) is 2.61. The molecule has 0 aromatic carbocycles. The minimum Gasteiger partial charge on any atom is -0.356 e. The molecule has 1 heterocycles. The fourth-order valence-electron chi connectivity index (χ4n) is 2.15. The number of nitrogens with zero attached hydrogens (tertiary/aromatic N) is 1. The molecule has 1 unspecified atom stereocenters. The SMILES string of the molecule is CN(C)CCCNC(=O)CCC1CCS(=O)(=O)C1. The zero-order chi connectivity index (χ0) is 13.6. The van der Waals surface area contributed by atoms with Gasteiger partial charge >= 0.3 is 0 Å².